The van der Waals surface area contributed by atoms with E-state index in [9.17, 15) is 4.79 Å². The number of halogens is 3. The lowest BCUT2D eigenvalue weighted by molar-refractivity contribution is -0.123. The van der Waals surface area contributed by atoms with Crippen LogP contribution in [0.2, 0.25) is 5.02 Å². The van der Waals surface area contributed by atoms with Crippen molar-refractivity contribution in [3.8, 4) is 11.5 Å². The highest BCUT2D eigenvalue weighted by molar-refractivity contribution is 9.11. The molecule has 0 bridgehead atoms. The van der Waals surface area contributed by atoms with Gasteiger partial charge in [-0.2, -0.15) is 5.10 Å². The van der Waals surface area contributed by atoms with E-state index in [1.807, 2.05) is 12.1 Å². The molecule has 0 spiro atoms. The maximum Gasteiger partial charge on any atom is 0.277 e. The van der Waals surface area contributed by atoms with Crippen LogP contribution in [0.25, 0.3) is 0 Å². The Morgan fingerprint density at radius 3 is 2.46 bits per heavy atom. The van der Waals surface area contributed by atoms with E-state index in [0.717, 1.165) is 14.5 Å². The van der Waals surface area contributed by atoms with Crippen LogP contribution < -0.4 is 14.9 Å². The van der Waals surface area contributed by atoms with Gasteiger partial charge in [-0.15, -0.1) is 0 Å². The van der Waals surface area contributed by atoms with Crippen molar-refractivity contribution in [1.29, 1.82) is 0 Å². The molecular weight excluding hydrogens is 487 g/mol. The van der Waals surface area contributed by atoms with E-state index in [1.54, 1.807) is 30.3 Å². The van der Waals surface area contributed by atoms with Crippen LogP contribution in [0.1, 0.15) is 5.56 Å². The molecule has 0 saturated heterocycles. The van der Waals surface area contributed by atoms with Crippen molar-refractivity contribution in [2.75, 3.05) is 13.2 Å². The molecule has 1 amide bonds. The largest absolute Gasteiger partial charge is 0.487 e. The number of nitrogens with one attached hydrogen (secondary N) is 1. The zero-order valence-corrected chi connectivity index (χ0v) is 17.5. The summed E-state index contributed by atoms with van der Waals surface area (Å²) in [6.45, 7) is 3.86. The Labute approximate surface area is 173 Å². The first kappa shape index (κ1) is 20.5. The predicted octanol–water partition coefficient (Wildman–Crippen LogP) is 4.96. The first-order chi connectivity index (χ1) is 12.5. The molecule has 8 heteroatoms. The highest BCUT2D eigenvalue weighted by atomic mass is 79.9. The summed E-state index contributed by atoms with van der Waals surface area (Å²) in [6, 6.07) is 10.4. The Morgan fingerprint density at radius 1 is 1.19 bits per heavy atom. The van der Waals surface area contributed by atoms with E-state index in [1.165, 1.54) is 6.21 Å². The molecule has 0 aliphatic carbocycles. The van der Waals surface area contributed by atoms with Crippen LogP contribution in [0.5, 0.6) is 11.5 Å². The number of rotatable bonds is 8. The maximum absolute atomic E-state index is 11.8. The van der Waals surface area contributed by atoms with Crippen molar-refractivity contribution in [2.45, 2.75) is 0 Å². The molecule has 0 radical (unpaired) electrons. The molecule has 0 aliphatic rings. The zero-order valence-electron chi connectivity index (χ0n) is 13.5. The lowest BCUT2D eigenvalue weighted by atomic mass is 10.2. The van der Waals surface area contributed by atoms with E-state index in [4.69, 9.17) is 21.1 Å². The highest BCUT2D eigenvalue weighted by Gasteiger charge is 2.08. The average Bonchev–Trinajstić information content (AvgIpc) is 2.60. The quantitative estimate of drug-likeness (QED) is 0.315. The minimum atomic E-state index is -0.375. The third-order valence-corrected chi connectivity index (χ3v) is 4.38. The Hall–Kier alpha value is -1.83. The van der Waals surface area contributed by atoms with Gasteiger partial charge in [0.05, 0.1) is 15.2 Å². The van der Waals surface area contributed by atoms with E-state index in [0.29, 0.717) is 23.1 Å². The van der Waals surface area contributed by atoms with Crippen LogP contribution >= 0.6 is 43.5 Å². The third-order valence-electron chi connectivity index (χ3n) is 2.95. The van der Waals surface area contributed by atoms with E-state index in [2.05, 4.69) is 49.0 Å². The van der Waals surface area contributed by atoms with Gasteiger partial charge < -0.3 is 9.47 Å². The van der Waals surface area contributed by atoms with Crippen molar-refractivity contribution in [2.24, 2.45) is 5.10 Å². The molecule has 2 rings (SSSR count). The topological polar surface area (TPSA) is 59.9 Å². The first-order valence-corrected chi connectivity index (χ1v) is 9.39. The first-order valence-electron chi connectivity index (χ1n) is 7.42. The van der Waals surface area contributed by atoms with Gasteiger partial charge >= 0.3 is 0 Å². The minimum absolute atomic E-state index is 0.152. The second kappa shape index (κ2) is 10.4. The van der Waals surface area contributed by atoms with Crippen molar-refractivity contribution < 1.29 is 14.3 Å². The number of nitrogens with zero attached hydrogens (tertiary/aromatic N) is 1. The number of amides is 1. The number of ether oxygens (including phenoxy) is 2. The molecule has 1 N–H and O–H groups in total. The molecule has 0 atom stereocenters. The maximum atomic E-state index is 11.8. The number of hydrazone groups is 1. The van der Waals surface area contributed by atoms with Crippen LogP contribution in [0.15, 0.2) is 63.1 Å². The van der Waals surface area contributed by atoms with Crippen LogP contribution in [0, 0.1) is 0 Å². The van der Waals surface area contributed by atoms with Crippen LogP contribution in [0.4, 0.5) is 0 Å². The van der Waals surface area contributed by atoms with Crippen molar-refractivity contribution in [3.63, 3.8) is 0 Å². The van der Waals surface area contributed by atoms with Crippen molar-refractivity contribution in [1.82, 2.24) is 5.43 Å². The summed E-state index contributed by atoms with van der Waals surface area (Å²) in [5.74, 6) is 0.847. The van der Waals surface area contributed by atoms with Gasteiger partial charge in [-0.05, 0) is 73.8 Å². The summed E-state index contributed by atoms with van der Waals surface area (Å²) in [7, 11) is 0. The van der Waals surface area contributed by atoms with Crippen molar-refractivity contribution in [3.05, 3.63) is 68.6 Å². The standard InChI is InChI=1S/C18H15Br2ClN2O3/c1-2-7-25-18-15(19)8-12(9-16(18)20)10-22-23-17(24)11-26-14-5-3-13(21)4-6-14/h2-6,8-10H,1,7,11H2,(H,23,24)/b22-10+. The van der Waals surface area contributed by atoms with E-state index in [-0.39, 0.29) is 12.5 Å². The van der Waals surface area contributed by atoms with Gasteiger partial charge in [0.25, 0.3) is 5.91 Å². The Bertz CT molecular complexity index is 788. The number of benzene rings is 2. The van der Waals surface area contributed by atoms with Gasteiger partial charge in [0.2, 0.25) is 0 Å². The average molecular weight is 503 g/mol. The van der Waals surface area contributed by atoms with E-state index < -0.39 is 0 Å². The summed E-state index contributed by atoms with van der Waals surface area (Å²) < 4.78 is 12.4. The SMILES string of the molecule is C=CCOc1c(Br)cc(/C=N/NC(=O)COc2ccc(Cl)cc2)cc1Br. The lowest BCUT2D eigenvalue weighted by Gasteiger charge is -2.09. The van der Waals surface area contributed by atoms with Gasteiger partial charge in [-0.3, -0.25) is 4.79 Å². The Morgan fingerprint density at radius 2 is 1.85 bits per heavy atom. The number of carbonyl (C=O) groups excluding carboxylic acids is 1. The Kier molecular flexibility index (Phi) is 8.15. The second-order valence-electron chi connectivity index (χ2n) is 4.95. The fourth-order valence-corrected chi connectivity index (χ4v) is 3.40. The normalized spacial score (nSPS) is 10.6. The molecule has 2 aromatic carbocycles. The summed E-state index contributed by atoms with van der Waals surface area (Å²) in [5.41, 5.74) is 3.18. The smallest absolute Gasteiger partial charge is 0.277 e. The predicted molar refractivity (Wildman–Crippen MR) is 110 cm³/mol. The molecule has 2 aromatic rings. The molecule has 0 aromatic heterocycles. The van der Waals surface area contributed by atoms with Crippen LogP contribution in [0.3, 0.4) is 0 Å². The van der Waals surface area contributed by atoms with Gasteiger partial charge in [0, 0.05) is 5.02 Å². The molecule has 0 unspecified atom stereocenters. The highest BCUT2D eigenvalue weighted by Crippen LogP contribution is 2.34. The second-order valence-corrected chi connectivity index (χ2v) is 7.09. The molecule has 136 valence electrons. The van der Waals surface area contributed by atoms with Gasteiger partial charge in [-0.25, -0.2) is 5.43 Å². The fraction of sp³-hybridized carbons (Fsp3) is 0.111. The fourth-order valence-electron chi connectivity index (χ4n) is 1.82. The van der Waals surface area contributed by atoms with Crippen LogP contribution in [-0.2, 0) is 4.79 Å². The molecule has 0 aliphatic heterocycles. The summed E-state index contributed by atoms with van der Waals surface area (Å²) >= 11 is 12.7. The monoisotopic (exact) mass is 500 g/mol. The molecule has 0 saturated carbocycles. The van der Waals surface area contributed by atoms with Gasteiger partial charge in [0.15, 0.2) is 6.61 Å². The Balaban J connectivity index is 1.88. The van der Waals surface area contributed by atoms with Crippen molar-refractivity contribution >= 4 is 55.6 Å². The van der Waals surface area contributed by atoms with E-state index >= 15 is 0 Å². The molecule has 0 heterocycles. The zero-order chi connectivity index (χ0) is 18.9. The van der Waals surface area contributed by atoms with Gasteiger partial charge in [0.1, 0.15) is 18.1 Å². The molecular formula is C18H15Br2ClN2O3. The minimum Gasteiger partial charge on any atom is -0.487 e. The molecule has 26 heavy (non-hydrogen) atoms. The van der Waals surface area contributed by atoms with Gasteiger partial charge in [-0.1, -0.05) is 24.3 Å². The number of carbonyl (C=O) groups is 1. The summed E-state index contributed by atoms with van der Waals surface area (Å²) in [6.07, 6.45) is 3.18. The van der Waals surface area contributed by atoms with Crippen LogP contribution in [-0.4, -0.2) is 25.3 Å². The number of hydrogen-bond donors (Lipinski definition) is 1. The lowest BCUT2D eigenvalue weighted by Crippen LogP contribution is -2.24. The molecule has 0 fully saturated rings. The summed E-state index contributed by atoms with van der Waals surface area (Å²) in [4.78, 5) is 11.8. The molecule has 5 nitrogen and oxygen atoms in total. The number of hydrogen-bond acceptors (Lipinski definition) is 4. The summed E-state index contributed by atoms with van der Waals surface area (Å²) in [5, 5.41) is 4.52. The third kappa shape index (κ3) is 6.48.